The van der Waals surface area contributed by atoms with Crippen molar-refractivity contribution in [2.75, 3.05) is 46.3 Å². The minimum absolute atomic E-state index is 0.100. The lowest BCUT2D eigenvalue weighted by molar-refractivity contribution is -0.0494. The van der Waals surface area contributed by atoms with Crippen molar-refractivity contribution in [1.29, 1.82) is 0 Å². The molecule has 2 saturated heterocycles. The van der Waals surface area contributed by atoms with E-state index in [1.54, 1.807) is 0 Å². The topological polar surface area (TPSA) is 77.0 Å². The number of aliphatic imine (C=N–C) groups is 1. The summed E-state index contributed by atoms with van der Waals surface area (Å²) in [7, 11) is -3.14. The Morgan fingerprint density at radius 2 is 1.85 bits per heavy atom. The summed E-state index contributed by atoms with van der Waals surface area (Å²) in [6.45, 7) is 5.15. The van der Waals surface area contributed by atoms with Crippen molar-refractivity contribution in [1.82, 2.24) is 19.8 Å². The Labute approximate surface area is 159 Å². The minimum Gasteiger partial charge on any atom is -0.357 e. The molecule has 0 aliphatic carbocycles. The van der Waals surface area contributed by atoms with Crippen LogP contribution in [0.3, 0.4) is 0 Å². The summed E-state index contributed by atoms with van der Waals surface area (Å²) in [5.74, 6) is 1.14. The smallest absolute Gasteiger partial charge is 0.357 e. The van der Waals surface area contributed by atoms with Crippen molar-refractivity contribution in [3.63, 3.8) is 0 Å². The van der Waals surface area contributed by atoms with Crippen LogP contribution in [0.25, 0.3) is 0 Å². The van der Waals surface area contributed by atoms with Gasteiger partial charge in [-0.05, 0) is 52.1 Å². The zero-order valence-corrected chi connectivity index (χ0v) is 16.7. The first kappa shape index (κ1) is 22.2. The van der Waals surface area contributed by atoms with E-state index in [0.29, 0.717) is 42.1 Å². The molecule has 158 valence electrons. The zero-order valence-electron chi connectivity index (χ0n) is 15.9. The maximum Gasteiger partial charge on any atom is 0.511 e. The Morgan fingerprint density at radius 1 is 1.19 bits per heavy atom. The number of guanidine groups is 1. The summed E-state index contributed by atoms with van der Waals surface area (Å²) in [5.41, 5.74) is -5.24. The molecular weight excluding hydrogens is 383 g/mol. The van der Waals surface area contributed by atoms with Gasteiger partial charge in [0.15, 0.2) is 5.96 Å². The molecule has 2 heterocycles. The first-order chi connectivity index (χ1) is 12.6. The molecule has 0 aromatic carbocycles. The van der Waals surface area contributed by atoms with Gasteiger partial charge in [-0.25, -0.2) is 8.42 Å². The predicted molar refractivity (Wildman–Crippen MR) is 98.9 cm³/mol. The largest absolute Gasteiger partial charge is 0.511 e. The van der Waals surface area contributed by atoms with Crippen LogP contribution in [0.1, 0.15) is 32.6 Å². The van der Waals surface area contributed by atoms with Crippen molar-refractivity contribution in [2.45, 2.75) is 44.2 Å². The fourth-order valence-corrected chi connectivity index (χ4v) is 4.53. The SMILES string of the molecule is CCNC(=NCC1CCCN(C)C1)NC1CCN(S(=O)(=O)C(F)(F)F)CC1. The molecule has 2 fully saturated rings. The third-order valence-electron chi connectivity index (χ3n) is 5.00. The van der Waals surface area contributed by atoms with Crippen molar-refractivity contribution >= 4 is 16.0 Å². The summed E-state index contributed by atoms with van der Waals surface area (Å²) in [6, 6.07) is -0.100. The molecule has 1 unspecified atom stereocenters. The third kappa shape index (κ3) is 6.21. The third-order valence-corrected chi connectivity index (χ3v) is 6.63. The highest BCUT2D eigenvalue weighted by atomic mass is 32.2. The standard InChI is InChI=1S/C16H30F3N5O2S/c1-3-20-15(21-11-13-5-4-8-23(2)12-13)22-14-6-9-24(10-7-14)27(25,26)16(17,18)19/h13-14H,3-12H2,1-2H3,(H2,20,21,22). The number of likely N-dealkylation sites (tertiary alicyclic amines) is 1. The quantitative estimate of drug-likeness (QED) is 0.523. The van der Waals surface area contributed by atoms with E-state index in [0.717, 1.165) is 25.9 Å². The van der Waals surface area contributed by atoms with E-state index in [-0.39, 0.29) is 19.1 Å². The highest BCUT2D eigenvalue weighted by Gasteiger charge is 2.50. The van der Waals surface area contributed by atoms with Crippen LogP contribution in [0, 0.1) is 5.92 Å². The van der Waals surface area contributed by atoms with Crippen LogP contribution in [0.4, 0.5) is 13.2 Å². The Hall–Kier alpha value is -1.07. The second-order valence-corrected chi connectivity index (χ2v) is 9.19. The minimum atomic E-state index is -5.24. The molecule has 2 aliphatic heterocycles. The number of nitrogens with one attached hydrogen (secondary N) is 2. The maximum atomic E-state index is 12.7. The summed E-state index contributed by atoms with van der Waals surface area (Å²) < 4.78 is 61.4. The van der Waals surface area contributed by atoms with Crippen LogP contribution in [0.2, 0.25) is 0 Å². The zero-order chi connectivity index (χ0) is 20.1. The van der Waals surface area contributed by atoms with Crippen molar-refractivity contribution in [3.8, 4) is 0 Å². The molecule has 1 atom stereocenters. The second-order valence-electron chi connectivity index (χ2n) is 7.26. The molecule has 2 aliphatic rings. The second kappa shape index (κ2) is 9.42. The summed E-state index contributed by atoms with van der Waals surface area (Å²) in [5, 5.41) is 6.40. The van der Waals surface area contributed by atoms with E-state index in [4.69, 9.17) is 0 Å². The molecule has 0 spiro atoms. The molecular formula is C16H30F3N5O2S. The van der Waals surface area contributed by atoms with E-state index >= 15 is 0 Å². The molecule has 2 rings (SSSR count). The van der Waals surface area contributed by atoms with Crippen molar-refractivity contribution in [2.24, 2.45) is 10.9 Å². The Bertz CT molecular complexity index is 604. The lowest BCUT2D eigenvalue weighted by atomic mass is 9.99. The van der Waals surface area contributed by atoms with E-state index in [9.17, 15) is 21.6 Å². The van der Waals surface area contributed by atoms with Crippen LogP contribution in [0.5, 0.6) is 0 Å². The molecule has 7 nitrogen and oxygen atoms in total. The van der Waals surface area contributed by atoms with Gasteiger partial charge in [-0.1, -0.05) is 0 Å². The molecule has 0 bridgehead atoms. The number of sulfonamides is 1. The number of rotatable bonds is 5. The van der Waals surface area contributed by atoms with Gasteiger partial charge in [0.05, 0.1) is 0 Å². The van der Waals surface area contributed by atoms with Crippen LogP contribution in [-0.4, -0.2) is 81.4 Å². The highest BCUT2D eigenvalue weighted by Crippen LogP contribution is 2.28. The fraction of sp³-hybridized carbons (Fsp3) is 0.938. The number of hydrogen-bond donors (Lipinski definition) is 2. The number of hydrogen-bond acceptors (Lipinski definition) is 4. The van der Waals surface area contributed by atoms with Gasteiger partial charge in [-0.2, -0.15) is 17.5 Å². The normalized spacial score (nSPS) is 24.8. The molecule has 11 heteroatoms. The van der Waals surface area contributed by atoms with Gasteiger partial charge >= 0.3 is 15.5 Å². The first-order valence-electron chi connectivity index (χ1n) is 9.43. The van der Waals surface area contributed by atoms with Gasteiger partial charge in [0.1, 0.15) is 0 Å². The maximum absolute atomic E-state index is 12.7. The highest BCUT2D eigenvalue weighted by molar-refractivity contribution is 7.90. The summed E-state index contributed by atoms with van der Waals surface area (Å²) >= 11 is 0. The number of alkyl halides is 3. The van der Waals surface area contributed by atoms with E-state index in [1.165, 1.54) is 0 Å². The monoisotopic (exact) mass is 413 g/mol. The van der Waals surface area contributed by atoms with E-state index in [1.807, 2.05) is 6.92 Å². The molecule has 27 heavy (non-hydrogen) atoms. The Morgan fingerprint density at radius 3 is 2.41 bits per heavy atom. The van der Waals surface area contributed by atoms with E-state index < -0.39 is 15.5 Å². The van der Waals surface area contributed by atoms with Gasteiger partial charge in [0.2, 0.25) is 0 Å². The lowest BCUT2D eigenvalue weighted by Crippen LogP contribution is -2.51. The Kier molecular flexibility index (Phi) is 7.75. The first-order valence-corrected chi connectivity index (χ1v) is 10.9. The predicted octanol–water partition coefficient (Wildman–Crippen LogP) is 1.20. The summed E-state index contributed by atoms with van der Waals surface area (Å²) in [4.78, 5) is 6.92. The van der Waals surface area contributed by atoms with Gasteiger partial charge in [0, 0.05) is 38.8 Å². The summed E-state index contributed by atoms with van der Waals surface area (Å²) in [6.07, 6.45) is 2.92. The van der Waals surface area contributed by atoms with Gasteiger partial charge < -0.3 is 15.5 Å². The lowest BCUT2D eigenvalue weighted by Gasteiger charge is -2.33. The average Bonchev–Trinajstić information content (AvgIpc) is 2.59. The average molecular weight is 414 g/mol. The van der Waals surface area contributed by atoms with Crippen LogP contribution in [-0.2, 0) is 10.0 Å². The molecule has 2 N–H and O–H groups in total. The molecule has 0 saturated carbocycles. The van der Waals surface area contributed by atoms with Crippen LogP contribution < -0.4 is 10.6 Å². The molecule has 0 aromatic rings. The van der Waals surface area contributed by atoms with Crippen molar-refractivity contribution < 1.29 is 21.6 Å². The van der Waals surface area contributed by atoms with Gasteiger partial charge in [-0.3, -0.25) is 4.99 Å². The Balaban J connectivity index is 1.87. The van der Waals surface area contributed by atoms with Gasteiger partial charge in [-0.15, -0.1) is 0 Å². The fourth-order valence-electron chi connectivity index (χ4n) is 3.54. The molecule has 0 aromatic heterocycles. The number of halogens is 3. The number of nitrogens with zero attached hydrogens (tertiary/aromatic N) is 3. The van der Waals surface area contributed by atoms with Gasteiger partial charge in [0.25, 0.3) is 0 Å². The molecule has 0 radical (unpaired) electrons. The van der Waals surface area contributed by atoms with Crippen LogP contribution in [0.15, 0.2) is 4.99 Å². The van der Waals surface area contributed by atoms with Crippen molar-refractivity contribution in [3.05, 3.63) is 0 Å². The molecule has 0 amide bonds. The van der Waals surface area contributed by atoms with E-state index in [2.05, 4.69) is 27.6 Å². The van der Waals surface area contributed by atoms with Crippen LogP contribution >= 0.6 is 0 Å². The number of piperidine rings is 2.